The van der Waals surface area contributed by atoms with Crippen LogP contribution in [-0.4, -0.2) is 36.6 Å². The maximum Gasteiger partial charge on any atom is 0.0897 e. The summed E-state index contributed by atoms with van der Waals surface area (Å²) in [6.07, 6.45) is 10.7. The number of hydrogen-bond acceptors (Lipinski definition) is 3. The van der Waals surface area contributed by atoms with Crippen LogP contribution in [0.4, 0.5) is 0 Å². The summed E-state index contributed by atoms with van der Waals surface area (Å²) in [6.45, 7) is 3.97. The molecule has 0 spiro atoms. The van der Waals surface area contributed by atoms with E-state index in [0.717, 1.165) is 45.3 Å². The van der Waals surface area contributed by atoms with Crippen LogP contribution in [0.15, 0.2) is 22.8 Å². The quantitative estimate of drug-likeness (QED) is 0.696. The molecule has 0 bridgehead atoms. The Balaban J connectivity index is 1.47. The lowest BCUT2D eigenvalue weighted by Gasteiger charge is -2.48. The number of aliphatic hydroxyl groups excluding tert-OH is 1. The van der Waals surface area contributed by atoms with Gasteiger partial charge in [0.2, 0.25) is 0 Å². The van der Waals surface area contributed by atoms with Gasteiger partial charge >= 0.3 is 0 Å². The van der Waals surface area contributed by atoms with Crippen molar-refractivity contribution in [1.82, 2.24) is 0 Å². The summed E-state index contributed by atoms with van der Waals surface area (Å²) in [7, 11) is 0. The minimum Gasteiger partial charge on any atom is -0.393 e. The van der Waals surface area contributed by atoms with Crippen LogP contribution in [0, 0.1) is 17.3 Å². The van der Waals surface area contributed by atoms with Crippen LogP contribution >= 0.6 is 0 Å². The van der Waals surface area contributed by atoms with E-state index < -0.39 is 0 Å². The van der Waals surface area contributed by atoms with Crippen LogP contribution < -0.4 is 0 Å². The molecule has 3 nitrogen and oxygen atoms in total. The van der Waals surface area contributed by atoms with Crippen molar-refractivity contribution < 1.29 is 14.6 Å². The van der Waals surface area contributed by atoms with E-state index >= 15 is 0 Å². The minimum absolute atomic E-state index is 0.103. The maximum absolute atomic E-state index is 9.99. The van der Waals surface area contributed by atoms with Crippen molar-refractivity contribution in [3.63, 3.8) is 0 Å². The van der Waals surface area contributed by atoms with Gasteiger partial charge in [-0.1, -0.05) is 29.7 Å². The van der Waals surface area contributed by atoms with Crippen LogP contribution in [0.1, 0.15) is 51.9 Å². The highest BCUT2D eigenvalue weighted by Crippen LogP contribution is 2.61. The van der Waals surface area contributed by atoms with E-state index in [4.69, 9.17) is 9.47 Å². The lowest BCUT2D eigenvalue weighted by atomic mass is 9.58. The first-order valence-electron chi connectivity index (χ1n) is 9.49. The van der Waals surface area contributed by atoms with Crippen molar-refractivity contribution in [1.29, 1.82) is 0 Å². The molecule has 2 unspecified atom stereocenters. The molecule has 0 aromatic carbocycles. The molecule has 5 aliphatic rings. The zero-order chi connectivity index (χ0) is 15.6. The molecular weight excluding hydrogens is 288 g/mol. The molecule has 5 rings (SSSR count). The topological polar surface area (TPSA) is 38.7 Å². The summed E-state index contributed by atoms with van der Waals surface area (Å²) in [6, 6.07) is 0. The lowest BCUT2D eigenvalue weighted by molar-refractivity contribution is -0.158. The molecule has 3 heteroatoms. The first-order valence-corrected chi connectivity index (χ1v) is 9.49. The summed E-state index contributed by atoms with van der Waals surface area (Å²) in [5, 5.41) is 9.99. The van der Waals surface area contributed by atoms with Crippen LogP contribution in [0.25, 0.3) is 0 Å². The van der Waals surface area contributed by atoms with E-state index in [2.05, 4.69) is 13.0 Å². The van der Waals surface area contributed by atoms with Crippen LogP contribution in [0.2, 0.25) is 0 Å². The van der Waals surface area contributed by atoms with E-state index in [1.807, 2.05) is 0 Å². The van der Waals surface area contributed by atoms with Crippen molar-refractivity contribution in [2.45, 2.75) is 70.2 Å². The third kappa shape index (κ3) is 2.06. The fraction of sp³-hybridized carbons (Fsp3) is 0.800. The van der Waals surface area contributed by atoms with Gasteiger partial charge in [0.15, 0.2) is 0 Å². The molecule has 23 heavy (non-hydrogen) atoms. The van der Waals surface area contributed by atoms with Gasteiger partial charge < -0.3 is 14.6 Å². The molecule has 3 fully saturated rings. The minimum atomic E-state index is -0.103. The second-order valence-corrected chi connectivity index (χ2v) is 8.52. The molecule has 0 aromatic heterocycles. The second kappa shape index (κ2) is 5.18. The molecular formula is C20H28O3. The summed E-state index contributed by atoms with van der Waals surface area (Å²) in [4.78, 5) is 0. The first-order chi connectivity index (χ1) is 11.2. The number of aliphatic hydroxyl groups is 1. The second-order valence-electron chi connectivity index (χ2n) is 8.52. The Morgan fingerprint density at radius 3 is 3.00 bits per heavy atom. The predicted octanol–water partition coefficient (Wildman–Crippen LogP) is 3.38. The van der Waals surface area contributed by atoms with E-state index in [-0.39, 0.29) is 11.5 Å². The molecule has 2 saturated carbocycles. The molecule has 1 aliphatic heterocycles. The van der Waals surface area contributed by atoms with Crippen molar-refractivity contribution >= 4 is 0 Å². The molecule has 6 atom stereocenters. The standard InChI is InChI=1S/C20H28O3/c1-20-7-6-15-14-5-3-13(21)10-12(14)2-4-16(15)17(20)11-18-19(20)23-9-8-22-18/h4,13,15,17-19,21H,2-3,5-11H2,1H3/t13-,15-,17+,18?,19?,20+/m1/s1. The van der Waals surface area contributed by atoms with Gasteiger partial charge in [0.25, 0.3) is 0 Å². The van der Waals surface area contributed by atoms with Crippen molar-refractivity contribution in [2.24, 2.45) is 17.3 Å². The largest absolute Gasteiger partial charge is 0.393 e. The fourth-order valence-electron chi connectivity index (χ4n) is 6.33. The van der Waals surface area contributed by atoms with Crippen molar-refractivity contribution in [3.8, 4) is 0 Å². The average molecular weight is 316 g/mol. The fourth-order valence-corrected chi connectivity index (χ4v) is 6.33. The molecule has 0 radical (unpaired) electrons. The van der Waals surface area contributed by atoms with Crippen LogP contribution in [0.5, 0.6) is 0 Å². The zero-order valence-electron chi connectivity index (χ0n) is 14.1. The first kappa shape index (κ1) is 14.7. The maximum atomic E-state index is 9.99. The van der Waals surface area contributed by atoms with E-state index in [1.54, 1.807) is 16.7 Å². The lowest BCUT2D eigenvalue weighted by Crippen LogP contribution is -2.46. The number of hydrogen-bond donors (Lipinski definition) is 1. The zero-order valence-corrected chi connectivity index (χ0v) is 14.1. The summed E-state index contributed by atoms with van der Waals surface area (Å²) < 4.78 is 12.2. The Hall–Kier alpha value is -0.640. The number of ether oxygens (including phenoxy) is 2. The van der Waals surface area contributed by atoms with Crippen molar-refractivity contribution in [3.05, 3.63) is 22.8 Å². The SMILES string of the molecule is C[C@]12CC[C@H]3C(=CCC4=C3CC[C@@H](O)C4)[C@@H]1CC1OCCOC12. The number of rotatable bonds is 0. The van der Waals surface area contributed by atoms with Crippen LogP contribution in [0.3, 0.4) is 0 Å². The molecule has 126 valence electrons. The Labute approximate surface area is 138 Å². The summed E-state index contributed by atoms with van der Waals surface area (Å²) in [5.41, 5.74) is 5.19. The molecule has 0 amide bonds. The Morgan fingerprint density at radius 1 is 1.22 bits per heavy atom. The van der Waals surface area contributed by atoms with Gasteiger partial charge in [-0.25, -0.2) is 0 Å². The Morgan fingerprint density at radius 2 is 2.09 bits per heavy atom. The average Bonchev–Trinajstić information content (AvgIpc) is 2.87. The van der Waals surface area contributed by atoms with E-state index in [1.165, 1.54) is 12.8 Å². The van der Waals surface area contributed by atoms with Gasteiger partial charge in [-0.3, -0.25) is 0 Å². The van der Waals surface area contributed by atoms with Gasteiger partial charge in [-0.2, -0.15) is 0 Å². The summed E-state index contributed by atoms with van der Waals surface area (Å²) >= 11 is 0. The van der Waals surface area contributed by atoms with Gasteiger partial charge in [0.05, 0.1) is 31.5 Å². The number of allylic oxidation sites excluding steroid dienone is 3. The molecule has 0 aromatic rings. The third-order valence-corrected chi connectivity index (χ3v) is 7.43. The highest BCUT2D eigenvalue weighted by molar-refractivity contribution is 5.39. The van der Waals surface area contributed by atoms with E-state index in [9.17, 15) is 5.11 Å². The Bertz CT molecular complexity index is 577. The summed E-state index contributed by atoms with van der Waals surface area (Å²) in [5.74, 6) is 1.29. The normalized spacial score (nSPS) is 49.0. The van der Waals surface area contributed by atoms with Gasteiger partial charge in [0.1, 0.15) is 0 Å². The van der Waals surface area contributed by atoms with Crippen LogP contribution in [-0.2, 0) is 9.47 Å². The molecule has 4 aliphatic carbocycles. The highest BCUT2D eigenvalue weighted by Gasteiger charge is 2.58. The monoisotopic (exact) mass is 316 g/mol. The molecule has 1 heterocycles. The number of fused-ring (bicyclic) bond motifs is 6. The molecule has 1 N–H and O–H groups in total. The van der Waals surface area contributed by atoms with Gasteiger partial charge in [-0.05, 0) is 50.9 Å². The van der Waals surface area contributed by atoms with E-state index in [0.29, 0.717) is 24.0 Å². The Kier molecular flexibility index (Phi) is 3.30. The smallest absolute Gasteiger partial charge is 0.0897 e. The molecule has 1 saturated heterocycles. The van der Waals surface area contributed by atoms with Gasteiger partial charge in [-0.15, -0.1) is 0 Å². The van der Waals surface area contributed by atoms with Crippen molar-refractivity contribution in [2.75, 3.05) is 13.2 Å². The van der Waals surface area contributed by atoms with Gasteiger partial charge in [0, 0.05) is 11.3 Å². The third-order valence-electron chi connectivity index (χ3n) is 7.43. The highest BCUT2D eigenvalue weighted by atomic mass is 16.6. The predicted molar refractivity (Wildman–Crippen MR) is 88.0 cm³/mol.